The first kappa shape index (κ1) is 23.3. The van der Waals surface area contributed by atoms with Crippen LogP contribution in [0.5, 0.6) is 5.75 Å². The summed E-state index contributed by atoms with van der Waals surface area (Å²) < 4.78 is 21.3. The van der Waals surface area contributed by atoms with Gasteiger partial charge in [0.15, 0.2) is 11.6 Å². The number of benzene rings is 1. The first-order valence-corrected chi connectivity index (χ1v) is 10.7. The van der Waals surface area contributed by atoms with E-state index in [1.807, 2.05) is 19.2 Å². The van der Waals surface area contributed by atoms with Crippen molar-refractivity contribution in [2.24, 2.45) is 0 Å². The number of piperidine rings is 2. The highest BCUT2D eigenvalue weighted by Crippen LogP contribution is 2.23. The normalized spacial score (nSPS) is 17.8. The number of para-hydroxylation sites is 1. The molecule has 3 heterocycles. The van der Waals surface area contributed by atoms with Gasteiger partial charge in [0.05, 0.1) is 0 Å². The highest BCUT2D eigenvalue weighted by atomic mass is 35.5. The highest BCUT2D eigenvalue weighted by Gasteiger charge is 2.29. The van der Waals surface area contributed by atoms with Crippen molar-refractivity contribution in [2.75, 3.05) is 26.2 Å². The number of rotatable bonds is 4. The second kappa shape index (κ2) is 10.3. The van der Waals surface area contributed by atoms with E-state index in [9.17, 15) is 14.0 Å². The molecule has 8 heteroatoms. The Morgan fingerprint density at radius 3 is 2.45 bits per heavy atom. The molecule has 2 fully saturated rings. The summed E-state index contributed by atoms with van der Waals surface area (Å²) in [4.78, 5) is 28.1. The zero-order chi connectivity index (χ0) is 21.1. The highest BCUT2D eigenvalue weighted by molar-refractivity contribution is 5.95. The molecule has 0 aliphatic carbocycles. The monoisotopic (exact) mass is 449 g/mol. The number of likely N-dealkylation sites (tertiary alicyclic amines) is 1. The van der Waals surface area contributed by atoms with Crippen LogP contribution in [0.15, 0.2) is 41.3 Å². The number of aryl methyl sites for hydroxylation is 1. The molecular weight excluding hydrogens is 421 g/mol. The molecule has 4 rings (SSSR count). The average molecular weight is 450 g/mol. The Bertz CT molecular complexity index is 967. The summed E-state index contributed by atoms with van der Waals surface area (Å²) in [5, 5.41) is 3.30. The first-order valence-electron chi connectivity index (χ1n) is 10.7. The summed E-state index contributed by atoms with van der Waals surface area (Å²) in [6, 6.07) is 8.35. The number of halogens is 2. The summed E-state index contributed by atoms with van der Waals surface area (Å²) in [5.74, 6) is -0.356. The molecule has 1 amide bonds. The van der Waals surface area contributed by atoms with Gasteiger partial charge in [-0.3, -0.25) is 9.59 Å². The maximum Gasteiger partial charge on any atom is 0.263 e. The number of nitrogens with zero attached hydrogens (tertiary/aromatic N) is 2. The van der Waals surface area contributed by atoms with Gasteiger partial charge in [0.2, 0.25) is 0 Å². The lowest BCUT2D eigenvalue weighted by atomic mass is 10.0. The van der Waals surface area contributed by atoms with Crippen molar-refractivity contribution in [3.8, 4) is 5.75 Å². The van der Waals surface area contributed by atoms with Gasteiger partial charge in [-0.05, 0) is 56.6 Å². The van der Waals surface area contributed by atoms with Crippen LogP contribution in [0.2, 0.25) is 0 Å². The lowest BCUT2D eigenvalue weighted by molar-refractivity contribution is 0.0585. The minimum Gasteiger partial charge on any atom is -0.487 e. The van der Waals surface area contributed by atoms with Crippen LogP contribution in [0.25, 0.3) is 0 Å². The number of ether oxygens (including phenoxy) is 1. The number of carbonyl (C=O) groups excluding carboxylic acids is 1. The van der Waals surface area contributed by atoms with Crippen molar-refractivity contribution >= 4 is 18.3 Å². The van der Waals surface area contributed by atoms with Crippen LogP contribution in [0.4, 0.5) is 4.39 Å². The number of pyridine rings is 1. The molecule has 0 bridgehead atoms. The molecule has 2 saturated heterocycles. The van der Waals surface area contributed by atoms with Gasteiger partial charge in [0, 0.05) is 38.2 Å². The van der Waals surface area contributed by atoms with Crippen LogP contribution < -0.4 is 15.6 Å². The van der Waals surface area contributed by atoms with Gasteiger partial charge in [-0.25, -0.2) is 4.39 Å². The maximum absolute atomic E-state index is 13.8. The average Bonchev–Trinajstić information content (AvgIpc) is 2.76. The minimum atomic E-state index is -0.380. The molecule has 2 aliphatic rings. The largest absolute Gasteiger partial charge is 0.487 e. The van der Waals surface area contributed by atoms with Crippen LogP contribution in [0.3, 0.4) is 0 Å². The lowest BCUT2D eigenvalue weighted by Gasteiger charge is -2.32. The van der Waals surface area contributed by atoms with E-state index in [4.69, 9.17) is 4.74 Å². The molecule has 0 saturated carbocycles. The molecule has 2 aliphatic heterocycles. The number of hydrogen-bond acceptors (Lipinski definition) is 4. The summed E-state index contributed by atoms with van der Waals surface area (Å²) in [5.41, 5.74) is 0.779. The second-order valence-electron chi connectivity index (χ2n) is 8.11. The number of aromatic nitrogens is 1. The van der Waals surface area contributed by atoms with E-state index < -0.39 is 0 Å². The fourth-order valence-corrected chi connectivity index (χ4v) is 4.33. The smallest absolute Gasteiger partial charge is 0.263 e. The van der Waals surface area contributed by atoms with Crippen molar-refractivity contribution < 1.29 is 13.9 Å². The van der Waals surface area contributed by atoms with Gasteiger partial charge in [-0.1, -0.05) is 12.1 Å². The van der Waals surface area contributed by atoms with Crippen molar-refractivity contribution in [3.63, 3.8) is 0 Å². The molecule has 6 nitrogen and oxygen atoms in total. The van der Waals surface area contributed by atoms with Crippen molar-refractivity contribution in [1.29, 1.82) is 0 Å². The quantitative estimate of drug-likeness (QED) is 0.777. The van der Waals surface area contributed by atoms with Gasteiger partial charge in [-0.2, -0.15) is 0 Å². The summed E-state index contributed by atoms with van der Waals surface area (Å²) >= 11 is 0. The van der Waals surface area contributed by atoms with Crippen LogP contribution in [0.1, 0.15) is 47.6 Å². The predicted molar refractivity (Wildman–Crippen MR) is 120 cm³/mol. The molecule has 1 aromatic heterocycles. The van der Waals surface area contributed by atoms with Crippen molar-refractivity contribution in [3.05, 3.63) is 63.8 Å². The van der Waals surface area contributed by atoms with Crippen LogP contribution in [0, 0.1) is 12.7 Å². The summed E-state index contributed by atoms with van der Waals surface area (Å²) in [6.45, 7) is 4.54. The van der Waals surface area contributed by atoms with Gasteiger partial charge in [0.1, 0.15) is 11.7 Å². The number of hydrogen-bond donors (Lipinski definition) is 1. The molecule has 0 atom stereocenters. The van der Waals surface area contributed by atoms with E-state index in [0.717, 1.165) is 25.9 Å². The van der Waals surface area contributed by atoms with Gasteiger partial charge in [-0.15, -0.1) is 12.4 Å². The minimum absolute atomic E-state index is 0. The van der Waals surface area contributed by atoms with Gasteiger partial charge in [0.25, 0.3) is 11.5 Å². The van der Waals surface area contributed by atoms with E-state index in [1.54, 1.807) is 27.7 Å². The van der Waals surface area contributed by atoms with Crippen LogP contribution >= 0.6 is 12.4 Å². The van der Waals surface area contributed by atoms with Crippen LogP contribution in [-0.2, 0) is 0 Å². The third-order valence-corrected chi connectivity index (χ3v) is 6.10. The molecule has 168 valence electrons. The molecule has 1 aromatic carbocycles. The third-order valence-electron chi connectivity index (χ3n) is 6.10. The summed E-state index contributed by atoms with van der Waals surface area (Å²) in [7, 11) is 0. The van der Waals surface area contributed by atoms with E-state index >= 15 is 0 Å². The van der Waals surface area contributed by atoms with E-state index in [1.165, 1.54) is 6.07 Å². The first-order chi connectivity index (χ1) is 14.5. The second-order valence-corrected chi connectivity index (χ2v) is 8.11. The maximum atomic E-state index is 13.8. The standard InChI is InChI=1S/C23H28FN3O3.ClH/c1-16-8-15-27(17-6-11-25-12-7-17)23(29)21(16)22(28)26-13-9-18(10-14-26)30-20-5-3-2-4-19(20)24;/h2-5,8,15,17-18,25H,6-7,9-14H2,1H3;1H. The number of carbonyl (C=O) groups is 1. The molecule has 0 unspecified atom stereocenters. The Balaban J connectivity index is 0.00000272. The van der Waals surface area contributed by atoms with E-state index in [0.29, 0.717) is 31.5 Å². The SMILES string of the molecule is Cc1ccn(C2CCNCC2)c(=O)c1C(=O)N1CCC(Oc2ccccc2F)CC1.Cl. The Morgan fingerprint density at radius 2 is 1.77 bits per heavy atom. The van der Waals surface area contributed by atoms with Crippen molar-refractivity contribution in [1.82, 2.24) is 14.8 Å². The molecule has 1 N–H and O–H groups in total. The molecule has 2 aromatic rings. The predicted octanol–water partition coefficient (Wildman–Crippen LogP) is 3.33. The molecule has 0 radical (unpaired) electrons. The fourth-order valence-electron chi connectivity index (χ4n) is 4.33. The zero-order valence-corrected chi connectivity index (χ0v) is 18.5. The fraction of sp³-hybridized carbons (Fsp3) is 0.478. The topological polar surface area (TPSA) is 63.6 Å². The van der Waals surface area contributed by atoms with Gasteiger partial charge < -0.3 is 19.5 Å². The van der Waals surface area contributed by atoms with E-state index in [-0.39, 0.29) is 53.1 Å². The molecule has 0 spiro atoms. The third kappa shape index (κ3) is 5.10. The molecular formula is C23H29ClFN3O3. The van der Waals surface area contributed by atoms with Gasteiger partial charge >= 0.3 is 0 Å². The molecule has 31 heavy (non-hydrogen) atoms. The Hall–Kier alpha value is -2.38. The van der Waals surface area contributed by atoms with Crippen molar-refractivity contribution in [2.45, 2.75) is 44.8 Å². The lowest BCUT2D eigenvalue weighted by Crippen LogP contribution is -2.45. The Morgan fingerprint density at radius 1 is 1.10 bits per heavy atom. The number of nitrogens with one attached hydrogen (secondary N) is 1. The summed E-state index contributed by atoms with van der Waals surface area (Å²) in [6.07, 6.45) is 4.65. The van der Waals surface area contributed by atoms with Crippen LogP contribution in [-0.4, -0.2) is 47.7 Å². The van der Waals surface area contributed by atoms with E-state index in [2.05, 4.69) is 5.32 Å². The Labute approximate surface area is 187 Å². The number of amides is 1. The Kier molecular flexibility index (Phi) is 7.73. The zero-order valence-electron chi connectivity index (χ0n) is 17.7.